The van der Waals surface area contributed by atoms with E-state index in [1.807, 2.05) is 18.2 Å². The summed E-state index contributed by atoms with van der Waals surface area (Å²) in [5.74, 6) is -0.101. The monoisotopic (exact) mass is 425 g/mol. The molecule has 0 radical (unpaired) electrons. The predicted molar refractivity (Wildman–Crippen MR) is 117 cm³/mol. The fourth-order valence-corrected chi connectivity index (χ4v) is 4.47. The molecule has 0 spiro atoms. The van der Waals surface area contributed by atoms with E-state index >= 15 is 0 Å². The van der Waals surface area contributed by atoms with E-state index in [4.69, 9.17) is 9.72 Å². The first kappa shape index (κ1) is 20.2. The molecule has 156 valence electrons. The molecule has 2 aromatic carbocycles. The summed E-state index contributed by atoms with van der Waals surface area (Å²) in [6, 6.07) is 15.1. The molecule has 8 heteroatoms. The van der Waals surface area contributed by atoms with Crippen LogP contribution in [-0.2, 0) is 14.3 Å². The number of methoxy groups -OCH3 is 1. The minimum atomic E-state index is -0.457. The first-order chi connectivity index (χ1) is 14.6. The molecule has 1 fully saturated rings. The molecule has 2 heterocycles. The second-order valence-electron chi connectivity index (χ2n) is 7.13. The Morgan fingerprint density at radius 3 is 2.93 bits per heavy atom. The quantitative estimate of drug-likeness (QED) is 0.607. The van der Waals surface area contributed by atoms with Gasteiger partial charge in [0.15, 0.2) is 11.7 Å². The summed E-state index contributed by atoms with van der Waals surface area (Å²) in [7, 11) is 1.31. The largest absolute Gasteiger partial charge is 0.482 e. The average Bonchev–Trinajstić information content (AvgIpc) is 3.22. The number of anilines is 2. The van der Waals surface area contributed by atoms with Crippen LogP contribution >= 0.6 is 11.3 Å². The number of esters is 1. The summed E-state index contributed by atoms with van der Waals surface area (Å²) in [5, 5.41) is 3.94. The Morgan fingerprint density at radius 2 is 2.10 bits per heavy atom. The van der Waals surface area contributed by atoms with Crippen LogP contribution in [0.25, 0.3) is 10.2 Å². The minimum Gasteiger partial charge on any atom is -0.482 e. The molecule has 1 atom stereocenters. The molecular weight excluding hydrogens is 402 g/mol. The van der Waals surface area contributed by atoms with Gasteiger partial charge < -0.3 is 19.7 Å². The summed E-state index contributed by atoms with van der Waals surface area (Å²) in [6.45, 7) is 1.37. The smallest absolute Gasteiger partial charge is 0.343 e. The van der Waals surface area contributed by atoms with Crippen molar-refractivity contribution >= 4 is 44.2 Å². The Kier molecular flexibility index (Phi) is 6.13. The maximum Gasteiger partial charge on any atom is 0.343 e. The summed E-state index contributed by atoms with van der Waals surface area (Å²) < 4.78 is 11.1. The predicted octanol–water partition coefficient (Wildman–Crippen LogP) is 3.70. The number of nitrogens with one attached hydrogen (secondary N) is 1. The number of para-hydroxylation sites is 1. The molecule has 1 aromatic heterocycles. The van der Waals surface area contributed by atoms with Crippen molar-refractivity contribution in [2.45, 2.75) is 12.8 Å². The van der Waals surface area contributed by atoms with Crippen LogP contribution in [0.3, 0.4) is 0 Å². The molecule has 3 aromatic rings. The third-order valence-corrected chi connectivity index (χ3v) is 6.13. The highest BCUT2D eigenvalue weighted by atomic mass is 32.1. The molecule has 7 nitrogen and oxygen atoms in total. The SMILES string of the molecule is COC(=O)COc1cccc(NC(=O)[C@@H]2CCCN(c3nc4ccccc4s3)C2)c1. The van der Waals surface area contributed by atoms with Gasteiger partial charge in [-0.3, -0.25) is 4.79 Å². The van der Waals surface area contributed by atoms with Crippen LogP contribution in [0.5, 0.6) is 5.75 Å². The number of nitrogens with zero attached hydrogens (tertiary/aromatic N) is 2. The van der Waals surface area contributed by atoms with E-state index in [-0.39, 0.29) is 18.4 Å². The highest BCUT2D eigenvalue weighted by molar-refractivity contribution is 7.22. The molecular formula is C22H23N3O4S. The maximum atomic E-state index is 12.9. The number of aromatic nitrogens is 1. The second-order valence-corrected chi connectivity index (χ2v) is 8.14. The second kappa shape index (κ2) is 9.13. The number of benzene rings is 2. The first-order valence-corrected chi connectivity index (χ1v) is 10.6. The lowest BCUT2D eigenvalue weighted by molar-refractivity contribution is -0.142. The fraction of sp³-hybridized carbons (Fsp3) is 0.318. The number of carbonyl (C=O) groups excluding carboxylic acids is 2. The third-order valence-electron chi connectivity index (χ3n) is 5.03. The van der Waals surface area contributed by atoms with Gasteiger partial charge in [0.1, 0.15) is 5.75 Å². The number of hydrogen-bond donors (Lipinski definition) is 1. The van der Waals surface area contributed by atoms with Crippen LogP contribution in [-0.4, -0.2) is 43.7 Å². The van der Waals surface area contributed by atoms with Crippen LogP contribution in [0.4, 0.5) is 10.8 Å². The molecule has 0 aliphatic carbocycles. The van der Waals surface area contributed by atoms with Crippen molar-refractivity contribution in [1.29, 1.82) is 0 Å². The highest BCUT2D eigenvalue weighted by Crippen LogP contribution is 2.31. The normalized spacial score (nSPS) is 16.3. The van der Waals surface area contributed by atoms with Crippen LogP contribution in [0.15, 0.2) is 48.5 Å². The number of ether oxygens (including phenoxy) is 2. The molecule has 1 amide bonds. The average molecular weight is 426 g/mol. The summed E-state index contributed by atoms with van der Waals surface area (Å²) >= 11 is 1.66. The number of amides is 1. The van der Waals surface area contributed by atoms with Crippen LogP contribution in [0.1, 0.15) is 12.8 Å². The van der Waals surface area contributed by atoms with Gasteiger partial charge in [-0.15, -0.1) is 0 Å². The van der Waals surface area contributed by atoms with Gasteiger partial charge in [0.2, 0.25) is 5.91 Å². The van der Waals surface area contributed by atoms with Crippen LogP contribution in [0.2, 0.25) is 0 Å². The Morgan fingerprint density at radius 1 is 1.23 bits per heavy atom. The number of piperidine rings is 1. The summed E-state index contributed by atoms with van der Waals surface area (Å²) in [6.07, 6.45) is 1.78. The first-order valence-electron chi connectivity index (χ1n) is 9.83. The van der Waals surface area contributed by atoms with Crippen molar-refractivity contribution in [3.8, 4) is 5.75 Å². The molecule has 1 N–H and O–H groups in total. The number of carbonyl (C=O) groups is 2. The van der Waals surface area contributed by atoms with Gasteiger partial charge in [0, 0.05) is 24.8 Å². The lowest BCUT2D eigenvalue weighted by Gasteiger charge is -2.31. The van der Waals surface area contributed by atoms with E-state index < -0.39 is 5.97 Å². The van der Waals surface area contributed by atoms with E-state index in [2.05, 4.69) is 21.0 Å². The summed E-state index contributed by atoms with van der Waals surface area (Å²) in [5.41, 5.74) is 1.63. The van der Waals surface area contributed by atoms with E-state index in [0.717, 1.165) is 34.7 Å². The van der Waals surface area contributed by atoms with E-state index in [1.165, 1.54) is 7.11 Å². The van der Waals surface area contributed by atoms with Crippen LogP contribution in [0, 0.1) is 5.92 Å². The van der Waals surface area contributed by atoms with Gasteiger partial charge in [-0.25, -0.2) is 9.78 Å². The fourth-order valence-electron chi connectivity index (χ4n) is 3.47. The van der Waals surface area contributed by atoms with E-state index in [1.54, 1.807) is 35.6 Å². The van der Waals surface area contributed by atoms with Crippen molar-refractivity contribution in [2.75, 3.05) is 37.0 Å². The molecule has 0 saturated carbocycles. The molecule has 1 aliphatic rings. The topological polar surface area (TPSA) is 80.8 Å². The van der Waals surface area contributed by atoms with Gasteiger partial charge in [-0.1, -0.05) is 29.5 Å². The van der Waals surface area contributed by atoms with Gasteiger partial charge in [-0.2, -0.15) is 0 Å². The molecule has 30 heavy (non-hydrogen) atoms. The highest BCUT2D eigenvalue weighted by Gasteiger charge is 2.27. The van der Waals surface area contributed by atoms with Crippen molar-refractivity contribution in [2.24, 2.45) is 5.92 Å². The Hall–Kier alpha value is -3.13. The lowest BCUT2D eigenvalue weighted by Crippen LogP contribution is -2.40. The molecule has 0 bridgehead atoms. The van der Waals surface area contributed by atoms with Crippen molar-refractivity contribution < 1.29 is 19.1 Å². The minimum absolute atomic E-state index is 0.0223. The summed E-state index contributed by atoms with van der Waals surface area (Å²) in [4.78, 5) is 31.0. The zero-order chi connectivity index (χ0) is 20.9. The van der Waals surface area contributed by atoms with E-state index in [9.17, 15) is 9.59 Å². The molecule has 1 saturated heterocycles. The molecule has 1 aliphatic heterocycles. The number of thiazole rings is 1. The number of hydrogen-bond acceptors (Lipinski definition) is 7. The van der Waals surface area contributed by atoms with Crippen molar-refractivity contribution in [3.63, 3.8) is 0 Å². The number of rotatable bonds is 6. The standard InChI is InChI=1S/C22H23N3O4S/c1-28-20(26)14-29-17-8-4-7-16(12-17)23-21(27)15-6-5-11-25(13-15)22-24-18-9-2-3-10-19(18)30-22/h2-4,7-10,12,15H,5-6,11,13-14H2,1H3,(H,23,27)/t15-/m1/s1. The Balaban J connectivity index is 1.39. The zero-order valence-electron chi connectivity index (χ0n) is 16.7. The van der Waals surface area contributed by atoms with Crippen LogP contribution < -0.4 is 15.0 Å². The maximum absolute atomic E-state index is 12.9. The lowest BCUT2D eigenvalue weighted by atomic mass is 9.97. The zero-order valence-corrected chi connectivity index (χ0v) is 17.5. The van der Waals surface area contributed by atoms with Crippen molar-refractivity contribution in [3.05, 3.63) is 48.5 Å². The van der Waals surface area contributed by atoms with Gasteiger partial charge in [0.05, 0.1) is 23.2 Å². The molecule has 0 unspecified atom stereocenters. The molecule has 4 rings (SSSR count). The number of fused-ring (bicyclic) bond motifs is 1. The van der Waals surface area contributed by atoms with Gasteiger partial charge >= 0.3 is 5.97 Å². The van der Waals surface area contributed by atoms with Gasteiger partial charge in [0.25, 0.3) is 0 Å². The Labute approximate surface area is 178 Å². The van der Waals surface area contributed by atoms with Crippen molar-refractivity contribution in [1.82, 2.24) is 4.98 Å². The van der Waals surface area contributed by atoms with Gasteiger partial charge in [-0.05, 0) is 37.1 Å². The third kappa shape index (κ3) is 4.71. The Bertz CT molecular complexity index is 1020. The van der Waals surface area contributed by atoms with E-state index in [0.29, 0.717) is 18.0 Å².